The molecule has 0 aliphatic carbocycles. The van der Waals surface area contributed by atoms with Crippen LogP contribution in [0.5, 0.6) is 0 Å². The molecule has 0 bridgehead atoms. The first-order valence-electron chi connectivity index (χ1n) is 0.970. The molecule has 49 valence electrons. The van der Waals surface area contributed by atoms with Gasteiger partial charge in [-0.15, -0.1) is 0 Å². The van der Waals surface area contributed by atoms with E-state index in [1.807, 2.05) is 0 Å². The molecule has 4 nitrogen and oxygen atoms in total. The van der Waals surface area contributed by atoms with Crippen LogP contribution in [-0.4, -0.2) is 16.4 Å². The zero-order chi connectivity index (χ0) is 5.41. The number of hydrogen-bond acceptors (Lipinski definition) is 3. The van der Waals surface area contributed by atoms with Gasteiger partial charge in [-0.2, -0.15) is 0 Å². The van der Waals surface area contributed by atoms with Gasteiger partial charge in [-0.1, -0.05) is 0 Å². The van der Waals surface area contributed by atoms with Gasteiger partial charge in [0.25, 0.3) is 0 Å². The Labute approximate surface area is 76.3 Å². The monoisotopic (exact) mass is 344 g/mol. The average Bonchev–Trinajstić information content (AvgIpc) is 1.72. The minimum Gasteiger partial charge on any atom is -0.560 e. The summed E-state index contributed by atoms with van der Waals surface area (Å²) in [4.78, 5) is 6.92. The van der Waals surface area contributed by atoms with Crippen LogP contribution < -0.4 is 5.73 Å². The Balaban J connectivity index is -0.0000000183. The molecule has 0 heterocycles. The molecule has 0 fully saturated rings. The molecule has 0 rings (SSSR count). The average molecular weight is 344 g/mol. The summed E-state index contributed by atoms with van der Waals surface area (Å²) in [5.74, 6) is 0. The predicted octanol–water partition coefficient (Wildman–Crippen LogP) is -0.997. The number of nitrogens with zero attached hydrogens (tertiary/aromatic N) is 1. The van der Waals surface area contributed by atoms with Gasteiger partial charge in [0.1, 0.15) is 0 Å². The molecule has 0 aliphatic heterocycles. The van der Waals surface area contributed by atoms with Crippen LogP contribution in [0.2, 0.25) is 0 Å². The summed E-state index contributed by atoms with van der Waals surface area (Å²) in [5, 5.41) is 9.53. The maximum absolute atomic E-state index is 7.26. The van der Waals surface area contributed by atoms with Gasteiger partial charge in [-0.3, -0.25) is 11.5 Å². The van der Waals surface area contributed by atoms with Gasteiger partial charge < -0.3 is 15.8 Å². The van der Waals surface area contributed by atoms with E-state index in [2.05, 4.69) is 10.9 Å². The van der Waals surface area contributed by atoms with Crippen molar-refractivity contribution in [2.24, 2.45) is 10.9 Å². The molecule has 8 heavy (non-hydrogen) atoms. The van der Waals surface area contributed by atoms with E-state index in [0.717, 1.165) is 0 Å². The van der Waals surface area contributed by atoms with E-state index < -0.39 is 0 Å². The van der Waals surface area contributed by atoms with Crippen molar-refractivity contribution < 1.29 is 49.7 Å². The van der Waals surface area contributed by atoms with Crippen LogP contribution in [0.3, 0.4) is 0 Å². The van der Waals surface area contributed by atoms with Crippen molar-refractivity contribution in [2.45, 2.75) is 0 Å². The first-order chi connectivity index (χ1) is 2.91. The maximum Gasteiger partial charge on any atom is 0 e. The quantitative estimate of drug-likeness (QED) is 0.100. The molecule has 0 amide bonds. The Morgan fingerprint density at radius 2 is 1.62 bits per heavy atom. The van der Waals surface area contributed by atoms with Gasteiger partial charge in [0.2, 0.25) is 0 Å². The Bertz CT molecular complexity index is 35.2. The molecule has 7 heteroatoms. The summed E-state index contributed by atoms with van der Waals surface area (Å²) in [6.45, 7) is 0. The van der Waals surface area contributed by atoms with E-state index in [9.17, 15) is 0 Å². The van der Waals surface area contributed by atoms with Crippen molar-refractivity contribution in [1.82, 2.24) is 0 Å². The number of hydrogen-bond donors (Lipinski definition) is 3. The first kappa shape index (κ1) is 23.1. The zero-order valence-corrected chi connectivity index (χ0v) is 9.34. The third-order valence-corrected chi connectivity index (χ3v) is 0.0577. The molecule has 0 aromatic heterocycles. The van der Waals surface area contributed by atoms with Gasteiger partial charge >= 0.3 is 0 Å². The van der Waals surface area contributed by atoms with Crippen molar-refractivity contribution in [3.63, 3.8) is 0 Å². The third-order valence-electron chi connectivity index (χ3n) is 0.0577. The summed E-state index contributed by atoms with van der Waals surface area (Å²) >= 11 is 0. The normalized spacial score (nSPS) is 5.25. The maximum atomic E-state index is 7.26. The van der Waals surface area contributed by atoms with Gasteiger partial charge in [0, 0.05) is 39.6 Å². The van der Waals surface area contributed by atoms with Crippen LogP contribution in [0.1, 0.15) is 0 Å². The van der Waals surface area contributed by atoms with E-state index in [1.165, 1.54) is 9.47 Å². The van der Waals surface area contributed by atoms with Crippen molar-refractivity contribution >= 4 is 15.8 Å². The zero-order valence-electron chi connectivity index (χ0n) is 3.85. The Morgan fingerprint density at radius 1 is 1.50 bits per heavy atom. The molecule has 0 spiro atoms. The molecule has 0 aromatic rings. The minimum atomic E-state index is 0. The molecule has 0 aliphatic rings. The van der Waals surface area contributed by atoms with Crippen LogP contribution >= 0.6 is 9.47 Å². The Morgan fingerprint density at radius 3 is 1.62 bits per heavy atom. The standard InChI is InChI=1S/CH3N2O.H3OP.V.W/c2-1-3-4;1-2;;/h4H,(H2,2,3);1H,2H2;;/q-1;;;. The Kier molecular flexibility index (Phi) is 128. The molecule has 0 saturated heterocycles. The van der Waals surface area contributed by atoms with E-state index in [0.29, 0.717) is 0 Å². The fourth-order valence-corrected chi connectivity index (χ4v) is 0. The fraction of sp³-hybridized carbons (Fsp3) is 0. The minimum absolute atomic E-state index is 0. The molecule has 0 aromatic carbocycles. The topological polar surface area (TPSA) is 78.8 Å². The van der Waals surface area contributed by atoms with Gasteiger partial charge in [0.05, 0.1) is 0 Å². The number of rotatable bonds is 0. The molecule has 0 saturated carbocycles. The second-order valence-electron chi connectivity index (χ2n) is 0.229. The SMILES string of the molecule is N[C-]=NO.OP.[V].[W]. The van der Waals surface area contributed by atoms with Crippen molar-refractivity contribution in [1.29, 1.82) is 0 Å². The molecule has 1 atom stereocenters. The largest absolute Gasteiger partial charge is 0.560 e. The van der Waals surface area contributed by atoms with Gasteiger partial charge in [-0.25, -0.2) is 0 Å². The van der Waals surface area contributed by atoms with Crippen molar-refractivity contribution in [3.8, 4) is 0 Å². The second kappa shape index (κ2) is 44.3. The first-order valence-corrected chi connectivity index (χ1v) is 1.49. The molecule has 4 N–H and O–H groups in total. The van der Waals surface area contributed by atoms with E-state index in [4.69, 9.17) is 10.1 Å². The van der Waals surface area contributed by atoms with E-state index >= 15 is 0 Å². The summed E-state index contributed by atoms with van der Waals surface area (Å²) < 4.78 is 0. The summed E-state index contributed by atoms with van der Waals surface area (Å²) in [5.41, 5.74) is 4.36. The van der Waals surface area contributed by atoms with Crippen molar-refractivity contribution in [3.05, 3.63) is 0 Å². The van der Waals surface area contributed by atoms with Gasteiger partial charge in [-0.05, 0) is 9.47 Å². The van der Waals surface area contributed by atoms with Crippen LogP contribution in [0, 0.1) is 0 Å². The smallest absolute Gasteiger partial charge is 0 e. The molecular weight excluding hydrogens is 338 g/mol. The molecular formula is CH6N2O2PVW-. The van der Waals surface area contributed by atoms with E-state index in [1.54, 1.807) is 6.34 Å². The predicted molar refractivity (Wildman–Crippen MR) is 25.3 cm³/mol. The van der Waals surface area contributed by atoms with Crippen LogP contribution in [0.25, 0.3) is 0 Å². The van der Waals surface area contributed by atoms with Crippen LogP contribution in [0.4, 0.5) is 0 Å². The van der Waals surface area contributed by atoms with Gasteiger partial charge in [0.15, 0.2) is 0 Å². The van der Waals surface area contributed by atoms with Crippen LogP contribution in [0.15, 0.2) is 5.16 Å². The third kappa shape index (κ3) is 65.3. The fourth-order valence-electron chi connectivity index (χ4n) is 0. The summed E-state index contributed by atoms with van der Waals surface area (Å²) in [6.07, 6.45) is 1.61. The summed E-state index contributed by atoms with van der Waals surface area (Å²) in [6, 6.07) is 0. The van der Waals surface area contributed by atoms with Crippen molar-refractivity contribution in [2.75, 3.05) is 0 Å². The molecule has 1 radical (unpaired) electrons. The number of nitrogens with two attached hydrogens (primary N) is 1. The Hall–Kier alpha value is 0.933. The van der Waals surface area contributed by atoms with Crippen LogP contribution in [-0.2, 0) is 39.6 Å². The second-order valence-corrected chi connectivity index (χ2v) is 0.229. The summed E-state index contributed by atoms with van der Waals surface area (Å²) in [7, 11) is 1.42. The molecule has 1 unspecified atom stereocenters. The van der Waals surface area contributed by atoms with E-state index in [-0.39, 0.29) is 39.6 Å².